The second kappa shape index (κ2) is 8.60. The van der Waals surface area contributed by atoms with Crippen LogP contribution in [0.2, 0.25) is 0 Å². The lowest BCUT2D eigenvalue weighted by atomic mass is 10.1. The number of amides is 1. The normalized spacial score (nSPS) is 14.5. The maximum Gasteiger partial charge on any atom is 0.279 e. The van der Waals surface area contributed by atoms with Crippen LogP contribution in [-0.2, 0) is 14.8 Å². The Morgan fingerprint density at radius 1 is 1.08 bits per heavy atom. The van der Waals surface area contributed by atoms with Crippen LogP contribution in [-0.4, -0.2) is 56.8 Å². The summed E-state index contributed by atoms with van der Waals surface area (Å²) in [5.41, 5.74) is 0.993. The molecule has 6 nitrogen and oxygen atoms in total. The zero-order valence-corrected chi connectivity index (χ0v) is 16.3. The van der Waals surface area contributed by atoms with E-state index in [-0.39, 0.29) is 18.0 Å². The first-order valence-corrected chi connectivity index (χ1v) is 9.75. The summed E-state index contributed by atoms with van der Waals surface area (Å²) in [6.07, 6.45) is 0. The second-order valence-corrected chi connectivity index (χ2v) is 8.10. The zero-order valence-electron chi connectivity index (χ0n) is 15.5. The van der Waals surface area contributed by atoms with Gasteiger partial charge in [0, 0.05) is 32.7 Å². The van der Waals surface area contributed by atoms with Crippen LogP contribution in [0.5, 0.6) is 0 Å². The standard InChI is InChI=1S/C17H29N3O3S/c1-7-20(8-2)24(22,23)16-11-9-15(10-12-16)13(3)18-14(4)17(21)19(5)6/h9-14,18H,7-8H2,1-6H3/p+1/t13-,14+/m0/s1. The van der Waals surface area contributed by atoms with Gasteiger partial charge in [-0.1, -0.05) is 26.0 Å². The summed E-state index contributed by atoms with van der Waals surface area (Å²) in [7, 11) is 0.0515. The van der Waals surface area contributed by atoms with Crippen molar-refractivity contribution >= 4 is 15.9 Å². The predicted molar refractivity (Wildman–Crippen MR) is 95.0 cm³/mol. The number of nitrogens with zero attached hydrogens (tertiary/aromatic N) is 2. The lowest BCUT2D eigenvalue weighted by molar-refractivity contribution is -0.710. The van der Waals surface area contributed by atoms with E-state index in [0.717, 1.165) is 5.56 Å². The third kappa shape index (κ3) is 4.78. The molecule has 2 N–H and O–H groups in total. The average molecular weight is 357 g/mol. The number of benzene rings is 1. The van der Waals surface area contributed by atoms with Gasteiger partial charge in [-0.25, -0.2) is 8.42 Å². The van der Waals surface area contributed by atoms with Gasteiger partial charge in [-0.05, 0) is 26.0 Å². The summed E-state index contributed by atoms with van der Waals surface area (Å²) >= 11 is 0. The van der Waals surface area contributed by atoms with Crippen molar-refractivity contribution in [3.63, 3.8) is 0 Å². The van der Waals surface area contributed by atoms with Crippen LogP contribution in [0.3, 0.4) is 0 Å². The SMILES string of the molecule is CCN(CC)S(=O)(=O)c1ccc([C@H](C)[NH2+][C@H](C)C(=O)N(C)C)cc1. The van der Waals surface area contributed by atoms with Gasteiger partial charge in [-0.15, -0.1) is 0 Å². The fraction of sp³-hybridized carbons (Fsp3) is 0.588. The predicted octanol–water partition coefficient (Wildman–Crippen LogP) is 0.818. The number of sulfonamides is 1. The van der Waals surface area contributed by atoms with Gasteiger partial charge in [0.15, 0.2) is 6.04 Å². The van der Waals surface area contributed by atoms with Crippen molar-refractivity contribution in [3.05, 3.63) is 29.8 Å². The molecule has 0 aliphatic heterocycles. The van der Waals surface area contributed by atoms with Crippen molar-refractivity contribution in [1.82, 2.24) is 9.21 Å². The molecular formula is C17H30N3O3S+. The van der Waals surface area contributed by atoms with Crippen molar-refractivity contribution in [2.45, 2.75) is 44.7 Å². The zero-order chi connectivity index (χ0) is 18.5. The topological polar surface area (TPSA) is 74.3 Å². The van der Waals surface area contributed by atoms with Crippen LogP contribution in [0.25, 0.3) is 0 Å². The van der Waals surface area contributed by atoms with Crippen LogP contribution in [0, 0.1) is 0 Å². The van der Waals surface area contributed by atoms with Gasteiger partial charge in [0.1, 0.15) is 6.04 Å². The molecule has 1 aromatic carbocycles. The molecule has 1 aromatic rings. The van der Waals surface area contributed by atoms with Crippen molar-refractivity contribution in [3.8, 4) is 0 Å². The number of carbonyl (C=O) groups is 1. The maximum absolute atomic E-state index is 12.5. The number of hydrogen-bond acceptors (Lipinski definition) is 3. The molecular weight excluding hydrogens is 326 g/mol. The Morgan fingerprint density at radius 3 is 2.00 bits per heavy atom. The molecule has 0 bridgehead atoms. The molecule has 0 unspecified atom stereocenters. The molecule has 0 fully saturated rings. The largest absolute Gasteiger partial charge is 0.344 e. The molecule has 2 atom stereocenters. The molecule has 0 aliphatic rings. The number of hydrogen-bond donors (Lipinski definition) is 1. The summed E-state index contributed by atoms with van der Waals surface area (Å²) < 4.78 is 26.4. The molecule has 0 heterocycles. The molecule has 0 saturated heterocycles. The van der Waals surface area contributed by atoms with Crippen LogP contribution in [0.1, 0.15) is 39.3 Å². The molecule has 0 radical (unpaired) electrons. The smallest absolute Gasteiger partial charge is 0.279 e. The highest BCUT2D eigenvalue weighted by Crippen LogP contribution is 2.18. The van der Waals surface area contributed by atoms with E-state index in [4.69, 9.17) is 0 Å². The number of rotatable bonds is 8. The molecule has 0 saturated carbocycles. The summed E-state index contributed by atoms with van der Waals surface area (Å²) in [4.78, 5) is 13.8. The molecule has 1 amide bonds. The summed E-state index contributed by atoms with van der Waals surface area (Å²) in [5.74, 6) is 0.0579. The molecule has 1 rings (SSSR count). The third-order valence-electron chi connectivity index (χ3n) is 4.16. The van der Waals surface area contributed by atoms with Crippen molar-refractivity contribution in [2.75, 3.05) is 27.2 Å². The van der Waals surface area contributed by atoms with E-state index in [2.05, 4.69) is 0 Å². The highest BCUT2D eigenvalue weighted by atomic mass is 32.2. The molecule has 0 spiro atoms. The van der Waals surface area contributed by atoms with Crippen LogP contribution >= 0.6 is 0 Å². The minimum atomic E-state index is -3.43. The fourth-order valence-electron chi connectivity index (χ4n) is 2.69. The van der Waals surface area contributed by atoms with Gasteiger partial charge in [-0.2, -0.15) is 4.31 Å². The van der Waals surface area contributed by atoms with Gasteiger partial charge in [-0.3, -0.25) is 4.79 Å². The minimum Gasteiger partial charge on any atom is -0.344 e. The quantitative estimate of drug-likeness (QED) is 0.749. The van der Waals surface area contributed by atoms with Crippen LogP contribution in [0.15, 0.2) is 29.2 Å². The molecule has 136 valence electrons. The Balaban J connectivity index is 2.89. The number of nitrogens with two attached hydrogens (primary N) is 1. The van der Waals surface area contributed by atoms with E-state index in [1.807, 2.05) is 45.1 Å². The molecule has 0 aliphatic carbocycles. The summed E-state index contributed by atoms with van der Waals surface area (Å²) in [5, 5.41) is 1.98. The molecule has 24 heavy (non-hydrogen) atoms. The van der Waals surface area contributed by atoms with Gasteiger partial charge in [0.2, 0.25) is 10.0 Å². The van der Waals surface area contributed by atoms with Crippen molar-refractivity contribution < 1.29 is 18.5 Å². The lowest BCUT2D eigenvalue weighted by Gasteiger charge is -2.20. The number of carbonyl (C=O) groups excluding carboxylic acids is 1. The van der Waals surface area contributed by atoms with Gasteiger partial charge in [0.25, 0.3) is 5.91 Å². The third-order valence-corrected chi connectivity index (χ3v) is 6.22. The maximum atomic E-state index is 12.5. The van der Waals surface area contributed by atoms with E-state index in [0.29, 0.717) is 18.0 Å². The monoisotopic (exact) mass is 356 g/mol. The van der Waals surface area contributed by atoms with E-state index < -0.39 is 10.0 Å². The van der Waals surface area contributed by atoms with Crippen molar-refractivity contribution in [1.29, 1.82) is 0 Å². The first-order chi connectivity index (χ1) is 11.1. The fourth-order valence-corrected chi connectivity index (χ4v) is 4.15. The van der Waals surface area contributed by atoms with Crippen LogP contribution in [0.4, 0.5) is 0 Å². The minimum absolute atomic E-state index is 0.0579. The first-order valence-electron chi connectivity index (χ1n) is 8.31. The Labute approximate surface area is 145 Å². The molecule has 0 aromatic heterocycles. The lowest BCUT2D eigenvalue weighted by Crippen LogP contribution is -2.92. The number of quaternary nitrogens is 1. The number of likely N-dealkylation sites (N-methyl/N-ethyl adjacent to an activating group) is 1. The Kier molecular flexibility index (Phi) is 7.38. The van der Waals surface area contributed by atoms with E-state index in [9.17, 15) is 13.2 Å². The summed E-state index contributed by atoms with van der Waals surface area (Å²) in [6.45, 7) is 8.44. The Morgan fingerprint density at radius 2 is 1.58 bits per heavy atom. The average Bonchev–Trinajstić information content (AvgIpc) is 2.54. The highest BCUT2D eigenvalue weighted by molar-refractivity contribution is 7.89. The second-order valence-electron chi connectivity index (χ2n) is 6.16. The van der Waals surface area contributed by atoms with Crippen molar-refractivity contribution in [2.24, 2.45) is 0 Å². The van der Waals surface area contributed by atoms with E-state index in [1.165, 1.54) is 4.31 Å². The summed E-state index contributed by atoms with van der Waals surface area (Å²) in [6, 6.07) is 6.81. The van der Waals surface area contributed by atoms with E-state index >= 15 is 0 Å². The van der Waals surface area contributed by atoms with Gasteiger partial charge >= 0.3 is 0 Å². The van der Waals surface area contributed by atoms with E-state index in [1.54, 1.807) is 31.1 Å². The molecule has 7 heteroatoms. The Bertz CT molecular complexity index is 638. The van der Waals surface area contributed by atoms with Crippen LogP contribution < -0.4 is 5.32 Å². The van der Waals surface area contributed by atoms with Gasteiger partial charge < -0.3 is 10.2 Å². The first kappa shape index (κ1) is 20.6. The van der Waals surface area contributed by atoms with Gasteiger partial charge in [0.05, 0.1) is 4.90 Å². The Hall–Kier alpha value is -1.44. The highest BCUT2D eigenvalue weighted by Gasteiger charge is 2.24.